The Labute approximate surface area is 57.7 Å². The van der Waals surface area contributed by atoms with Crippen LogP contribution in [0.2, 0.25) is 0 Å². The number of nitrogens with two attached hydrogens (primary N) is 1. The molecular formula is C7H4FN2. The van der Waals surface area contributed by atoms with Crippen LogP contribution in [0.4, 0.5) is 10.1 Å². The fourth-order valence-corrected chi connectivity index (χ4v) is 0.573. The zero-order chi connectivity index (χ0) is 7.56. The van der Waals surface area contributed by atoms with Gasteiger partial charge < -0.3 is 5.73 Å². The number of nitrogen functional groups attached to an aromatic ring is 1. The van der Waals surface area contributed by atoms with Crippen molar-refractivity contribution in [3.63, 3.8) is 0 Å². The molecule has 49 valence electrons. The lowest BCUT2D eigenvalue weighted by atomic mass is 10.2. The number of hydrogen-bond donors (Lipinski definition) is 1. The van der Waals surface area contributed by atoms with Gasteiger partial charge in [0.2, 0.25) is 0 Å². The lowest BCUT2D eigenvalue weighted by Gasteiger charge is -1.93. The zero-order valence-corrected chi connectivity index (χ0v) is 5.06. The summed E-state index contributed by atoms with van der Waals surface area (Å²) < 4.78 is 12.3. The molecule has 0 aromatic heterocycles. The number of anilines is 1. The van der Waals surface area contributed by atoms with E-state index in [0.29, 0.717) is 0 Å². The van der Waals surface area contributed by atoms with E-state index < -0.39 is 5.82 Å². The summed E-state index contributed by atoms with van der Waals surface area (Å²) in [5, 5.41) is 8.33. The highest BCUT2D eigenvalue weighted by Crippen LogP contribution is 2.10. The zero-order valence-electron chi connectivity index (χ0n) is 5.06. The van der Waals surface area contributed by atoms with E-state index in [9.17, 15) is 4.39 Å². The van der Waals surface area contributed by atoms with E-state index in [0.717, 1.165) is 6.07 Å². The Morgan fingerprint density at radius 3 is 2.90 bits per heavy atom. The number of benzene rings is 1. The molecule has 1 aromatic rings. The molecule has 3 heteroatoms. The average Bonchev–Trinajstić information content (AvgIpc) is 1.94. The van der Waals surface area contributed by atoms with Crippen LogP contribution >= 0.6 is 0 Å². The third-order valence-corrected chi connectivity index (χ3v) is 1.07. The third-order valence-electron chi connectivity index (χ3n) is 1.07. The second kappa shape index (κ2) is 2.36. The molecule has 0 atom stereocenters. The summed E-state index contributed by atoms with van der Waals surface area (Å²) in [7, 11) is 0. The van der Waals surface area contributed by atoms with Crippen LogP contribution in [0.3, 0.4) is 0 Å². The predicted molar refractivity (Wildman–Crippen MR) is 34.4 cm³/mol. The van der Waals surface area contributed by atoms with E-state index in [-0.39, 0.29) is 11.3 Å². The molecule has 0 amide bonds. The predicted octanol–water partition coefficient (Wildman–Crippen LogP) is 1.08. The van der Waals surface area contributed by atoms with Gasteiger partial charge in [-0.2, -0.15) is 5.26 Å². The average molecular weight is 135 g/mol. The number of hydrogen-bond acceptors (Lipinski definition) is 2. The number of rotatable bonds is 0. The van der Waals surface area contributed by atoms with Crippen molar-refractivity contribution in [2.24, 2.45) is 0 Å². The maximum absolute atomic E-state index is 12.3. The minimum atomic E-state index is -0.564. The molecule has 0 unspecified atom stereocenters. The number of halogens is 1. The van der Waals surface area contributed by atoms with Crippen molar-refractivity contribution in [1.82, 2.24) is 0 Å². The van der Waals surface area contributed by atoms with Crippen molar-refractivity contribution < 1.29 is 4.39 Å². The molecule has 2 nitrogen and oxygen atoms in total. The first-order chi connectivity index (χ1) is 4.74. The van der Waals surface area contributed by atoms with Crippen molar-refractivity contribution in [3.8, 4) is 6.07 Å². The molecule has 2 N–H and O–H groups in total. The van der Waals surface area contributed by atoms with Crippen LogP contribution in [0, 0.1) is 23.2 Å². The van der Waals surface area contributed by atoms with Gasteiger partial charge in [0.15, 0.2) is 0 Å². The number of nitrogens with zero attached hydrogens (tertiary/aromatic N) is 1. The van der Waals surface area contributed by atoms with E-state index in [1.807, 2.05) is 0 Å². The third kappa shape index (κ3) is 1.06. The van der Waals surface area contributed by atoms with Gasteiger partial charge in [-0.25, -0.2) is 4.39 Å². The van der Waals surface area contributed by atoms with Crippen LogP contribution in [0.25, 0.3) is 0 Å². The maximum Gasteiger partial charge on any atom is 0.132 e. The van der Waals surface area contributed by atoms with E-state index in [1.165, 1.54) is 6.07 Å². The van der Waals surface area contributed by atoms with E-state index in [2.05, 4.69) is 6.07 Å². The Hall–Kier alpha value is -1.56. The van der Waals surface area contributed by atoms with Gasteiger partial charge in [-0.1, -0.05) is 0 Å². The molecule has 0 spiro atoms. The standard InChI is InChI=1S/C7H4FN2/c8-6-1-2-7(10)5(3-6)4-9/h2-3H,10H2. The van der Waals surface area contributed by atoms with Crippen molar-refractivity contribution in [2.75, 3.05) is 5.73 Å². The Balaban J connectivity index is 3.25. The van der Waals surface area contributed by atoms with Crippen LogP contribution in [-0.2, 0) is 0 Å². The lowest BCUT2D eigenvalue weighted by molar-refractivity contribution is 0.625. The van der Waals surface area contributed by atoms with Gasteiger partial charge in [-0.05, 0) is 12.1 Å². The van der Waals surface area contributed by atoms with Gasteiger partial charge in [-0.15, -0.1) is 0 Å². The molecule has 1 radical (unpaired) electrons. The van der Waals surface area contributed by atoms with E-state index in [4.69, 9.17) is 11.0 Å². The van der Waals surface area contributed by atoms with Crippen LogP contribution in [0.5, 0.6) is 0 Å². The Morgan fingerprint density at radius 2 is 2.40 bits per heavy atom. The van der Waals surface area contributed by atoms with Gasteiger partial charge in [0.25, 0.3) is 0 Å². The second-order valence-electron chi connectivity index (χ2n) is 1.76. The highest BCUT2D eigenvalue weighted by molar-refractivity contribution is 5.53. The highest BCUT2D eigenvalue weighted by atomic mass is 19.1. The topological polar surface area (TPSA) is 49.8 Å². The van der Waals surface area contributed by atoms with Gasteiger partial charge in [-0.3, -0.25) is 0 Å². The van der Waals surface area contributed by atoms with Gasteiger partial charge in [0, 0.05) is 6.07 Å². The van der Waals surface area contributed by atoms with Gasteiger partial charge >= 0.3 is 0 Å². The van der Waals surface area contributed by atoms with Crippen LogP contribution in [-0.4, -0.2) is 0 Å². The minimum absolute atomic E-state index is 0.149. The summed E-state index contributed by atoms with van der Waals surface area (Å²) in [5.41, 5.74) is 5.68. The molecule has 0 saturated carbocycles. The highest BCUT2D eigenvalue weighted by Gasteiger charge is 1.97. The molecule has 1 aromatic carbocycles. The van der Waals surface area contributed by atoms with Crippen LogP contribution < -0.4 is 5.73 Å². The van der Waals surface area contributed by atoms with Crippen LogP contribution in [0.1, 0.15) is 5.56 Å². The Morgan fingerprint density at radius 1 is 1.70 bits per heavy atom. The first-order valence-corrected chi connectivity index (χ1v) is 2.61. The number of nitriles is 1. The van der Waals surface area contributed by atoms with Crippen molar-refractivity contribution in [3.05, 3.63) is 29.6 Å². The van der Waals surface area contributed by atoms with Crippen molar-refractivity contribution in [2.45, 2.75) is 0 Å². The molecular weight excluding hydrogens is 131 g/mol. The van der Waals surface area contributed by atoms with E-state index >= 15 is 0 Å². The van der Waals surface area contributed by atoms with Gasteiger partial charge in [0.05, 0.1) is 11.3 Å². The Kier molecular flexibility index (Phi) is 1.55. The fourth-order valence-electron chi connectivity index (χ4n) is 0.573. The molecule has 1 rings (SSSR count). The van der Waals surface area contributed by atoms with E-state index in [1.54, 1.807) is 6.07 Å². The SMILES string of the molecule is N#Cc1cc(F)[c]cc1N. The first kappa shape index (κ1) is 6.56. The summed E-state index contributed by atoms with van der Waals surface area (Å²) >= 11 is 0. The maximum atomic E-state index is 12.3. The Bertz CT molecular complexity index is 288. The second-order valence-corrected chi connectivity index (χ2v) is 1.76. The molecule has 0 fully saturated rings. The van der Waals surface area contributed by atoms with Crippen LogP contribution in [0.15, 0.2) is 12.1 Å². The summed E-state index contributed by atoms with van der Waals surface area (Å²) in [6.07, 6.45) is 0. The molecule has 0 aliphatic heterocycles. The normalized spacial score (nSPS) is 8.80. The largest absolute Gasteiger partial charge is 0.398 e. The molecule has 10 heavy (non-hydrogen) atoms. The lowest BCUT2D eigenvalue weighted by Crippen LogP contribution is -1.90. The van der Waals surface area contributed by atoms with Crippen molar-refractivity contribution in [1.29, 1.82) is 5.26 Å². The smallest absolute Gasteiger partial charge is 0.132 e. The molecule has 0 heterocycles. The summed E-state index contributed by atoms with van der Waals surface area (Å²) in [4.78, 5) is 0. The minimum Gasteiger partial charge on any atom is -0.398 e. The molecule has 0 aliphatic rings. The van der Waals surface area contributed by atoms with Gasteiger partial charge in [0.1, 0.15) is 11.9 Å². The summed E-state index contributed by atoms with van der Waals surface area (Å²) in [6, 6.07) is 6.28. The van der Waals surface area contributed by atoms with Crippen molar-refractivity contribution >= 4 is 5.69 Å². The quantitative estimate of drug-likeness (QED) is 0.541. The molecule has 0 bridgehead atoms. The molecule has 0 saturated heterocycles. The monoisotopic (exact) mass is 135 g/mol. The first-order valence-electron chi connectivity index (χ1n) is 2.61. The summed E-state index contributed by atoms with van der Waals surface area (Å²) in [5.74, 6) is -0.564. The molecule has 0 aliphatic carbocycles. The summed E-state index contributed by atoms with van der Waals surface area (Å²) in [6.45, 7) is 0. The fraction of sp³-hybridized carbons (Fsp3) is 0.